The number of rotatable bonds is 13. The van der Waals surface area contributed by atoms with Crippen LogP contribution >= 0.6 is 0 Å². The number of allylic oxidation sites excluding steroid dienone is 1. The first kappa shape index (κ1) is 26.8. The van der Waals surface area contributed by atoms with Crippen molar-refractivity contribution in [2.45, 2.75) is 45.6 Å². The van der Waals surface area contributed by atoms with Crippen molar-refractivity contribution in [3.63, 3.8) is 0 Å². The fourth-order valence-electron chi connectivity index (χ4n) is 3.90. The molecule has 6 heteroatoms. The maximum absolute atomic E-state index is 14.7. The van der Waals surface area contributed by atoms with Crippen LogP contribution in [0.1, 0.15) is 50.2 Å². The van der Waals surface area contributed by atoms with E-state index in [9.17, 15) is 14.3 Å². The zero-order valence-electron chi connectivity index (χ0n) is 21.1. The van der Waals surface area contributed by atoms with Gasteiger partial charge in [0.05, 0.1) is 20.1 Å². The molecule has 0 saturated carbocycles. The van der Waals surface area contributed by atoms with Crippen LogP contribution in [0.2, 0.25) is 0 Å². The zero-order valence-corrected chi connectivity index (χ0v) is 21.1. The Hall–Kier alpha value is -3.80. The van der Waals surface area contributed by atoms with E-state index >= 15 is 0 Å². The summed E-state index contributed by atoms with van der Waals surface area (Å²) in [6.07, 6.45) is 1.84. The highest BCUT2D eigenvalue weighted by molar-refractivity contribution is 5.73. The number of hydrogen-bond acceptors (Lipinski definition) is 4. The second kappa shape index (κ2) is 12.8. The number of carboxylic acid groups (broad SMARTS) is 1. The van der Waals surface area contributed by atoms with Gasteiger partial charge in [-0.2, -0.15) is 0 Å². The summed E-state index contributed by atoms with van der Waals surface area (Å²) in [5.74, 6) is 0.244. The Bertz CT molecular complexity index is 1200. The van der Waals surface area contributed by atoms with Crippen molar-refractivity contribution in [1.29, 1.82) is 0 Å². The molecule has 0 aliphatic carbocycles. The van der Waals surface area contributed by atoms with E-state index in [-0.39, 0.29) is 24.8 Å². The highest BCUT2D eigenvalue weighted by atomic mass is 19.1. The molecule has 0 bridgehead atoms. The quantitative estimate of drug-likeness (QED) is 0.199. The molecule has 190 valence electrons. The molecule has 1 N–H and O–H groups in total. The minimum Gasteiger partial charge on any atom is -0.497 e. The van der Waals surface area contributed by atoms with Crippen LogP contribution in [0.25, 0.3) is 11.1 Å². The Morgan fingerprint density at radius 2 is 1.83 bits per heavy atom. The minimum absolute atomic E-state index is 0.0282. The first-order chi connectivity index (χ1) is 17.3. The van der Waals surface area contributed by atoms with Gasteiger partial charge in [0.1, 0.15) is 29.7 Å². The van der Waals surface area contributed by atoms with Crippen molar-refractivity contribution in [3.8, 4) is 28.4 Å². The maximum Gasteiger partial charge on any atom is 0.304 e. The van der Waals surface area contributed by atoms with Crippen LogP contribution in [0.15, 0.2) is 72.8 Å². The van der Waals surface area contributed by atoms with Crippen molar-refractivity contribution < 1.29 is 28.5 Å². The van der Waals surface area contributed by atoms with E-state index in [1.807, 2.05) is 49.4 Å². The molecule has 3 rings (SSSR count). The van der Waals surface area contributed by atoms with Crippen LogP contribution in [0, 0.1) is 5.82 Å². The Balaban J connectivity index is 1.84. The van der Waals surface area contributed by atoms with Crippen LogP contribution in [-0.2, 0) is 11.4 Å². The number of unbranched alkanes of at least 4 members (excludes halogenated alkanes) is 1. The second-order valence-corrected chi connectivity index (χ2v) is 8.74. The van der Waals surface area contributed by atoms with E-state index in [0.717, 1.165) is 29.5 Å². The van der Waals surface area contributed by atoms with Crippen molar-refractivity contribution >= 4 is 5.97 Å². The first-order valence-electron chi connectivity index (χ1n) is 12.0. The first-order valence-corrected chi connectivity index (χ1v) is 12.0. The predicted molar refractivity (Wildman–Crippen MR) is 139 cm³/mol. The van der Waals surface area contributed by atoms with Gasteiger partial charge in [0.15, 0.2) is 0 Å². The SMILES string of the molecule is C=C(C)C(CC(=O)O)c1cccc(OCc2ccc(-c3cc(OC)ccc3F)c(OCCCC)c2)c1. The topological polar surface area (TPSA) is 65.0 Å². The molecule has 0 heterocycles. The Labute approximate surface area is 212 Å². The van der Waals surface area contributed by atoms with E-state index < -0.39 is 5.97 Å². The van der Waals surface area contributed by atoms with Crippen LogP contribution in [-0.4, -0.2) is 24.8 Å². The van der Waals surface area contributed by atoms with Gasteiger partial charge in [-0.15, -0.1) is 0 Å². The summed E-state index contributed by atoms with van der Waals surface area (Å²) >= 11 is 0. The zero-order chi connectivity index (χ0) is 26.1. The number of ether oxygens (including phenoxy) is 3. The molecule has 1 unspecified atom stereocenters. The van der Waals surface area contributed by atoms with Crippen LogP contribution in [0.3, 0.4) is 0 Å². The average molecular weight is 493 g/mol. The van der Waals surface area contributed by atoms with Gasteiger partial charge in [-0.1, -0.05) is 49.8 Å². The molecule has 0 spiro atoms. The summed E-state index contributed by atoms with van der Waals surface area (Å²) in [7, 11) is 1.55. The molecular formula is C30H33FO5. The molecule has 0 aromatic heterocycles. The van der Waals surface area contributed by atoms with Gasteiger partial charge < -0.3 is 19.3 Å². The number of carbonyl (C=O) groups is 1. The van der Waals surface area contributed by atoms with E-state index in [0.29, 0.717) is 35.0 Å². The molecule has 0 fully saturated rings. The highest BCUT2D eigenvalue weighted by Crippen LogP contribution is 2.36. The fourth-order valence-corrected chi connectivity index (χ4v) is 3.90. The molecule has 1 atom stereocenters. The van der Waals surface area contributed by atoms with E-state index in [2.05, 4.69) is 13.5 Å². The van der Waals surface area contributed by atoms with Crippen LogP contribution < -0.4 is 14.2 Å². The van der Waals surface area contributed by atoms with Gasteiger partial charge in [0, 0.05) is 17.0 Å². The smallest absolute Gasteiger partial charge is 0.304 e. The lowest BCUT2D eigenvalue weighted by Gasteiger charge is -2.17. The summed E-state index contributed by atoms with van der Waals surface area (Å²) < 4.78 is 32.0. The number of hydrogen-bond donors (Lipinski definition) is 1. The van der Waals surface area contributed by atoms with Gasteiger partial charge in [0.25, 0.3) is 0 Å². The third-order valence-corrected chi connectivity index (χ3v) is 5.90. The molecule has 36 heavy (non-hydrogen) atoms. The van der Waals surface area contributed by atoms with E-state index in [1.165, 1.54) is 6.07 Å². The van der Waals surface area contributed by atoms with Crippen molar-refractivity contribution in [1.82, 2.24) is 0 Å². The summed E-state index contributed by atoms with van der Waals surface area (Å²) in [4.78, 5) is 11.3. The van der Waals surface area contributed by atoms with Gasteiger partial charge >= 0.3 is 5.97 Å². The molecule has 0 aliphatic rings. The molecule has 0 saturated heterocycles. The number of methoxy groups -OCH3 is 1. The largest absolute Gasteiger partial charge is 0.497 e. The van der Waals surface area contributed by atoms with Crippen molar-refractivity contribution in [3.05, 3.63) is 89.8 Å². The van der Waals surface area contributed by atoms with E-state index in [4.69, 9.17) is 14.2 Å². The van der Waals surface area contributed by atoms with Crippen LogP contribution in [0.4, 0.5) is 4.39 Å². The molecule has 5 nitrogen and oxygen atoms in total. The van der Waals surface area contributed by atoms with Gasteiger partial charge in [-0.05, 0) is 60.9 Å². The summed E-state index contributed by atoms with van der Waals surface area (Å²) in [5, 5.41) is 9.26. The Kier molecular flexibility index (Phi) is 9.51. The average Bonchev–Trinajstić information content (AvgIpc) is 2.87. The highest BCUT2D eigenvalue weighted by Gasteiger charge is 2.17. The molecule has 3 aromatic carbocycles. The molecule has 0 aliphatic heterocycles. The lowest BCUT2D eigenvalue weighted by Crippen LogP contribution is -2.07. The third-order valence-electron chi connectivity index (χ3n) is 5.90. The fraction of sp³-hybridized carbons (Fsp3) is 0.300. The summed E-state index contributed by atoms with van der Waals surface area (Å²) in [6, 6.07) is 17.6. The maximum atomic E-state index is 14.7. The van der Waals surface area contributed by atoms with Crippen molar-refractivity contribution in [2.75, 3.05) is 13.7 Å². The third kappa shape index (κ3) is 7.11. The van der Waals surface area contributed by atoms with Gasteiger partial charge in [0.2, 0.25) is 0 Å². The number of carboxylic acids is 1. The number of halogens is 1. The van der Waals surface area contributed by atoms with Gasteiger partial charge in [-0.3, -0.25) is 4.79 Å². The summed E-state index contributed by atoms with van der Waals surface area (Å²) in [5.41, 5.74) is 3.54. The standard InChI is InChI=1S/C30H33FO5/c1-5-6-14-35-29-15-21(10-12-25(29)27-17-23(34-4)11-13-28(27)31)19-36-24-9-7-8-22(16-24)26(20(2)3)18-30(32)33/h7-13,15-17,26H,2,5-6,14,18-19H2,1,3-4H3,(H,32,33). The molecular weight excluding hydrogens is 459 g/mol. The molecule has 0 amide bonds. The number of aliphatic carboxylic acids is 1. The molecule has 0 radical (unpaired) electrons. The minimum atomic E-state index is -0.877. The lowest BCUT2D eigenvalue weighted by atomic mass is 9.90. The van der Waals surface area contributed by atoms with Crippen molar-refractivity contribution in [2.24, 2.45) is 0 Å². The second-order valence-electron chi connectivity index (χ2n) is 8.74. The lowest BCUT2D eigenvalue weighted by molar-refractivity contribution is -0.137. The summed E-state index contributed by atoms with van der Waals surface area (Å²) in [6.45, 7) is 8.65. The van der Waals surface area contributed by atoms with Crippen LogP contribution in [0.5, 0.6) is 17.2 Å². The number of benzene rings is 3. The molecule has 3 aromatic rings. The Morgan fingerprint density at radius 3 is 2.53 bits per heavy atom. The van der Waals surface area contributed by atoms with E-state index in [1.54, 1.807) is 19.2 Å². The Morgan fingerprint density at radius 1 is 1.03 bits per heavy atom. The van der Waals surface area contributed by atoms with Gasteiger partial charge in [-0.25, -0.2) is 4.39 Å². The normalized spacial score (nSPS) is 11.6. The predicted octanol–water partition coefficient (Wildman–Crippen LogP) is 7.39. The monoisotopic (exact) mass is 492 g/mol.